The van der Waals surface area contributed by atoms with Crippen molar-refractivity contribution in [1.82, 2.24) is 5.32 Å². The summed E-state index contributed by atoms with van der Waals surface area (Å²) in [5.74, 6) is 0. The second-order valence-electron chi connectivity index (χ2n) is 2.61. The minimum absolute atomic E-state index is 0.281. The smallest absolute Gasteiger partial charge is 0.319 e. The third-order valence-corrected chi connectivity index (χ3v) is 2.06. The molecule has 0 bridgehead atoms. The zero-order valence-electron chi connectivity index (χ0n) is 7.60. The number of carbonyl (C=O) groups is 1. The zero-order valence-corrected chi connectivity index (χ0v) is 9.12. The number of hydrogen-bond acceptors (Lipinski definition) is 1. The molecule has 0 spiro atoms. The molecule has 2 amide bonds. The lowest BCUT2D eigenvalue weighted by molar-refractivity contribution is 0.252. The molecule has 0 fully saturated rings. The number of amides is 2. The van der Waals surface area contributed by atoms with Gasteiger partial charge in [-0.1, -0.05) is 23.2 Å². The molecule has 0 heterocycles. The average Bonchev–Trinajstić information content (AvgIpc) is 2.10. The highest BCUT2D eigenvalue weighted by Gasteiger charge is 2.04. The predicted octanol–water partition coefficient (Wildman–Crippen LogP) is 3.13. The Morgan fingerprint density at radius 3 is 2.71 bits per heavy atom. The second kappa shape index (κ2) is 5.08. The first-order valence-corrected chi connectivity index (χ1v) is 4.89. The van der Waals surface area contributed by atoms with Crippen LogP contribution in [-0.4, -0.2) is 12.6 Å². The third kappa shape index (κ3) is 3.09. The molecule has 76 valence electrons. The quantitative estimate of drug-likeness (QED) is 0.809. The van der Waals surface area contributed by atoms with Crippen LogP contribution in [-0.2, 0) is 0 Å². The fourth-order valence-electron chi connectivity index (χ4n) is 0.918. The summed E-state index contributed by atoms with van der Waals surface area (Å²) in [6, 6.07) is 4.61. The van der Waals surface area contributed by atoms with E-state index in [1.165, 1.54) is 0 Å². The molecule has 0 radical (unpaired) electrons. The lowest BCUT2D eigenvalue weighted by Crippen LogP contribution is -2.28. The third-order valence-electron chi connectivity index (χ3n) is 1.52. The Hall–Kier alpha value is -0.930. The van der Waals surface area contributed by atoms with Crippen molar-refractivity contribution < 1.29 is 4.79 Å². The van der Waals surface area contributed by atoms with Gasteiger partial charge < -0.3 is 10.6 Å². The van der Waals surface area contributed by atoms with Crippen LogP contribution in [0.4, 0.5) is 10.5 Å². The Labute approximate surface area is 92.4 Å². The van der Waals surface area contributed by atoms with E-state index in [-0.39, 0.29) is 6.03 Å². The fraction of sp³-hybridized carbons (Fsp3) is 0.222. The van der Waals surface area contributed by atoms with Crippen molar-refractivity contribution >= 4 is 34.9 Å². The number of halogens is 2. The maximum atomic E-state index is 11.1. The molecule has 0 aliphatic heterocycles. The maximum absolute atomic E-state index is 11.1. The molecule has 0 aliphatic carbocycles. The van der Waals surface area contributed by atoms with Crippen LogP contribution >= 0.6 is 23.2 Å². The summed E-state index contributed by atoms with van der Waals surface area (Å²) in [5, 5.41) is 6.15. The predicted molar refractivity (Wildman–Crippen MR) is 59.2 cm³/mol. The van der Waals surface area contributed by atoms with Gasteiger partial charge in [0.15, 0.2) is 0 Å². The second-order valence-corrected chi connectivity index (χ2v) is 3.45. The van der Waals surface area contributed by atoms with E-state index in [1.807, 2.05) is 6.92 Å². The molecule has 1 rings (SSSR count). The van der Waals surface area contributed by atoms with Crippen LogP contribution in [0.25, 0.3) is 0 Å². The van der Waals surface area contributed by atoms with Crippen molar-refractivity contribution in [1.29, 1.82) is 0 Å². The number of benzene rings is 1. The summed E-state index contributed by atoms with van der Waals surface area (Å²) >= 11 is 11.5. The fourth-order valence-corrected chi connectivity index (χ4v) is 1.37. The van der Waals surface area contributed by atoms with Gasteiger partial charge in [0.2, 0.25) is 0 Å². The summed E-state index contributed by atoms with van der Waals surface area (Å²) in [6.45, 7) is 2.40. The van der Waals surface area contributed by atoms with Crippen molar-refractivity contribution in [3.05, 3.63) is 28.2 Å². The van der Waals surface area contributed by atoms with E-state index >= 15 is 0 Å². The summed E-state index contributed by atoms with van der Waals surface area (Å²) in [4.78, 5) is 11.1. The van der Waals surface area contributed by atoms with Gasteiger partial charge in [-0.15, -0.1) is 0 Å². The average molecular weight is 233 g/mol. The first-order chi connectivity index (χ1) is 6.63. The van der Waals surface area contributed by atoms with Gasteiger partial charge in [-0.3, -0.25) is 0 Å². The van der Waals surface area contributed by atoms with E-state index in [0.29, 0.717) is 22.3 Å². The van der Waals surface area contributed by atoms with Crippen LogP contribution < -0.4 is 10.6 Å². The minimum Gasteiger partial charge on any atom is -0.338 e. The molecule has 1 aromatic rings. The van der Waals surface area contributed by atoms with Crippen LogP contribution in [0.5, 0.6) is 0 Å². The van der Waals surface area contributed by atoms with Gasteiger partial charge >= 0.3 is 6.03 Å². The minimum atomic E-state index is -0.281. The van der Waals surface area contributed by atoms with Crippen molar-refractivity contribution in [2.45, 2.75) is 6.92 Å². The maximum Gasteiger partial charge on any atom is 0.319 e. The van der Waals surface area contributed by atoms with Crippen molar-refractivity contribution in [3.63, 3.8) is 0 Å². The van der Waals surface area contributed by atoms with Gasteiger partial charge in [0.25, 0.3) is 0 Å². The monoisotopic (exact) mass is 232 g/mol. The molecule has 0 saturated carbocycles. The SMILES string of the molecule is CCNC(=O)Nc1ccc(Cl)cc1Cl. The molecule has 0 unspecified atom stereocenters. The number of urea groups is 1. The molecule has 0 saturated heterocycles. The summed E-state index contributed by atoms with van der Waals surface area (Å²) in [7, 11) is 0. The van der Waals surface area contributed by atoms with E-state index in [1.54, 1.807) is 18.2 Å². The Kier molecular flexibility index (Phi) is 4.04. The van der Waals surface area contributed by atoms with Gasteiger partial charge in [-0.05, 0) is 25.1 Å². The van der Waals surface area contributed by atoms with Crippen molar-refractivity contribution in [2.75, 3.05) is 11.9 Å². The Morgan fingerprint density at radius 2 is 2.14 bits per heavy atom. The summed E-state index contributed by atoms with van der Waals surface area (Å²) < 4.78 is 0. The first-order valence-electron chi connectivity index (χ1n) is 4.13. The lowest BCUT2D eigenvalue weighted by Gasteiger charge is -2.07. The molecule has 0 aliphatic rings. The van der Waals surface area contributed by atoms with Gasteiger partial charge in [0.1, 0.15) is 0 Å². The van der Waals surface area contributed by atoms with Crippen molar-refractivity contribution in [2.24, 2.45) is 0 Å². The van der Waals surface area contributed by atoms with Gasteiger partial charge in [-0.2, -0.15) is 0 Å². The number of nitrogens with one attached hydrogen (secondary N) is 2. The topological polar surface area (TPSA) is 41.1 Å². The highest BCUT2D eigenvalue weighted by Crippen LogP contribution is 2.24. The molecule has 0 aromatic heterocycles. The summed E-state index contributed by atoms with van der Waals surface area (Å²) in [6.07, 6.45) is 0. The number of carbonyl (C=O) groups excluding carboxylic acids is 1. The largest absolute Gasteiger partial charge is 0.338 e. The first kappa shape index (κ1) is 11.1. The molecular formula is C9H10Cl2N2O. The highest BCUT2D eigenvalue weighted by molar-refractivity contribution is 6.36. The normalized spacial score (nSPS) is 9.64. The molecule has 3 nitrogen and oxygen atoms in total. The number of anilines is 1. The standard InChI is InChI=1S/C9H10Cl2N2O/c1-2-12-9(14)13-8-4-3-6(10)5-7(8)11/h3-5H,2H2,1H3,(H2,12,13,14). The van der Waals surface area contributed by atoms with E-state index in [2.05, 4.69) is 10.6 Å². The molecule has 0 atom stereocenters. The Balaban J connectivity index is 2.72. The van der Waals surface area contributed by atoms with Crippen LogP contribution in [0.1, 0.15) is 6.92 Å². The molecule has 5 heteroatoms. The molecule has 14 heavy (non-hydrogen) atoms. The van der Waals surface area contributed by atoms with E-state index < -0.39 is 0 Å². The van der Waals surface area contributed by atoms with E-state index in [9.17, 15) is 4.79 Å². The number of hydrogen-bond donors (Lipinski definition) is 2. The molecule has 1 aromatic carbocycles. The highest BCUT2D eigenvalue weighted by atomic mass is 35.5. The van der Waals surface area contributed by atoms with Crippen LogP contribution in [0.2, 0.25) is 10.0 Å². The molecular weight excluding hydrogens is 223 g/mol. The summed E-state index contributed by atoms with van der Waals surface area (Å²) in [5.41, 5.74) is 0.544. The van der Waals surface area contributed by atoms with Crippen LogP contribution in [0.3, 0.4) is 0 Å². The Morgan fingerprint density at radius 1 is 1.43 bits per heavy atom. The Bertz CT molecular complexity index is 342. The number of rotatable bonds is 2. The molecule has 2 N–H and O–H groups in total. The van der Waals surface area contributed by atoms with Gasteiger partial charge in [0.05, 0.1) is 10.7 Å². The van der Waals surface area contributed by atoms with E-state index in [0.717, 1.165) is 0 Å². The van der Waals surface area contributed by atoms with Crippen LogP contribution in [0, 0.1) is 0 Å². The van der Waals surface area contributed by atoms with Crippen LogP contribution in [0.15, 0.2) is 18.2 Å². The van der Waals surface area contributed by atoms with E-state index in [4.69, 9.17) is 23.2 Å². The zero-order chi connectivity index (χ0) is 10.6. The van der Waals surface area contributed by atoms with Gasteiger partial charge in [0, 0.05) is 11.6 Å². The van der Waals surface area contributed by atoms with Crippen molar-refractivity contribution in [3.8, 4) is 0 Å². The van der Waals surface area contributed by atoms with Gasteiger partial charge in [-0.25, -0.2) is 4.79 Å². The lowest BCUT2D eigenvalue weighted by atomic mass is 10.3.